The first-order valence-electron chi connectivity index (χ1n) is 4.51. The van der Waals surface area contributed by atoms with Crippen molar-refractivity contribution in [2.75, 3.05) is 0 Å². The van der Waals surface area contributed by atoms with Gasteiger partial charge in [0.25, 0.3) is 0 Å². The standard InChI is InChI=1S/C12H14ClN/c1-4-12(2,3)14-9-10-7-5-6-8-11(10)13/h1,5-8,14H,9H2,2-3H3. The summed E-state index contributed by atoms with van der Waals surface area (Å²) < 4.78 is 0. The Balaban J connectivity index is 2.64. The van der Waals surface area contributed by atoms with Crippen molar-refractivity contribution in [2.24, 2.45) is 0 Å². The zero-order chi connectivity index (χ0) is 10.6. The van der Waals surface area contributed by atoms with E-state index in [0.29, 0.717) is 6.54 Å². The van der Waals surface area contributed by atoms with Gasteiger partial charge >= 0.3 is 0 Å². The molecule has 1 aromatic carbocycles. The normalized spacial score (nSPS) is 11.0. The number of nitrogens with one attached hydrogen (secondary N) is 1. The quantitative estimate of drug-likeness (QED) is 0.752. The Bertz CT molecular complexity index is 350. The van der Waals surface area contributed by atoms with Crippen LogP contribution in [-0.2, 0) is 6.54 Å². The highest BCUT2D eigenvalue weighted by Gasteiger charge is 2.12. The molecule has 1 rings (SSSR count). The summed E-state index contributed by atoms with van der Waals surface area (Å²) in [6.07, 6.45) is 5.36. The summed E-state index contributed by atoms with van der Waals surface area (Å²) in [7, 11) is 0. The maximum atomic E-state index is 6.00. The van der Waals surface area contributed by atoms with E-state index in [2.05, 4.69) is 11.2 Å². The molecule has 2 heteroatoms. The van der Waals surface area contributed by atoms with Gasteiger partial charge in [-0.05, 0) is 25.5 Å². The lowest BCUT2D eigenvalue weighted by Gasteiger charge is -2.19. The molecule has 1 aromatic rings. The van der Waals surface area contributed by atoms with Crippen LogP contribution >= 0.6 is 11.6 Å². The van der Waals surface area contributed by atoms with E-state index in [4.69, 9.17) is 18.0 Å². The Morgan fingerprint density at radius 2 is 2.07 bits per heavy atom. The highest BCUT2D eigenvalue weighted by atomic mass is 35.5. The molecule has 0 aromatic heterocycles. The number of rotatable bonds is 3. The Kier molecular flexibility index (Phi) is 3.57. The summed E-state index contributed by atoms with van der Waals surface area (Å²) >= 11 is 6.00. The average molecular weight is 208 g/mol. The fourth-order valence-corrected chi connectivity index (χ4v) is 1.21. The van der Waals surface area contributed by atoms with Gasteiger partial charge in [0.05, 0.1) is 5.54 Å². The van der Waals surface area contributed by atoms with Crippen LogP contribution in [0.2, 0.25) is 5.02 Å². The third kappa shape index (κ3) is 3.06. The zero-order valence-electron chi connectivity index (χ0n) is 8.47. The molecule has 0 amide bonds. The summed E-state index contributed by atoms with van der Waals surface area (Å²) in [5.41, 5.74) is 0.775. The van der Waals surface area contributed by atoms with Crippen LogP contribution in [0.1, 0.15) is 19.4 Å². The second kappa shape index (κ2) is 4.50. The molecule has 0 aliphatic rings. The first-order valence-corrected chi connectivity index (χ1v) is 4.89. The van der Waals surface area contributed by atoms with Crippen LogP contribution in [-0.4, -0.2) is 5.54 Å². The molecule has 1 nitrogen and oxygen atoms in total. The predicted octanol–water partition coefficient (Wildman–Crippen LogP) is 2.84. The van der Waals surface area contributed by atoms with Crippen LogP contribution < -0.4 is 5.32 Å². The highest BCUT2D eigenvalue weighted by molar-refractivity contribution is 6.31. The fraction of sp³-hybridized carbons (Fsp3) is 0.333. The minimum absolute atomic E-state index is 0.292. The van der Waals surface area contributed by atoms with Crippen LogP contribution in [0.15, 0.2) is 24.3 Å². The average Bonchev–Trinajstić information content (AvgIpc) is 2.17. The van der Waals surface area contributed by atoms with Gasteiger partial charge in [-0.1, -0.05) is 35.7 Å². The molecule has 0 bridgehead atoms. The van der Waals surface area contributed by atoms with Crippen LogP contribution in [0.4, 0.5) is 0 Å². The Morgan fingerprint density at radius 1 is 1.43 bits per heavy atom. The molecule has 0 fully saturated rings. The topological polar surface area (TPSA) is 12.0 Å². The third-order valence-corrected chi connectivity index (χ3v) is 2.41. The molecule has 14 heavy (non-hydrogen) atoms. The minimum atomic E-state index is -0.292. The third-order valence-electron chi connectivity index (χ3n) is 2.04. The van der Waals surface area contributed by atoms with Gasteiger partial charge in [-0.2, -0.15) is 0 Å². The van der Waals surface area contributed by atoms with Crippen molar-refractivity contribution in [3.8, 4) is 12.3 Å². The molecule has 0 aliphatic carbocycles. The van der Waals surface area contributed by atoms with E-state index in [-0.39, 0.29) is 5.54 Å². The Hall–Kier alpha value is -0.970. The van der Waals surface area contributed by atoms with Crippen molar-refractivity contribution in [3.05, 3.63) is 34.9 Å². The van der Waals surface area contributed by atoms with E-state index in [0.717, 1.165) is 10.6 Å². The second-order valence-corrected chi connectivity index (χ2v) is 4.12. The first-order chi connectivity index (χ1) is 6.55. The summed E-state index contributed by atoms with van der Waals surface area (Å²) in [6.45, 7) is 4.62. The molecule has 0 atom stereocenters. The van der Waals surface area contributed by atoms with Gasteiger partial charge in [0.1, 0.15) is 0 Å². The summed E-state index contributed by atoms with van der Waals surface area (Å²) in [5.74, 6) is 2.68. The molecule has 0 unspecified atom stereocenters. The van der Waals surface area contributed by atoms with Crippen LogP contribution in [0.5, 0.6) is 0 Å². The molecule has 1 N–H and O–H groups in total. The molecular weight excluding hydrogens is 194 g/mol. The molecule has 0 spiro atoms. The lowest BCUT2D eigenvalue weighted by atomic mass is 10.1. The van der Waals surface area contributed by atoms with E-state index >= 15 is 0 Å². The van der Waals surface area contributed by atoms with Gasteiger partial charge in [-0.25, -0.2) is 0 Å². The number of halogens is 1. The van der Waals surface area contributed by atoms with Gasteiger partial charge in [0.2, 0.25) is 0 Å². The number of hydrogen-bond donors (Lipinski definition) is 1. The van der Waals surface area contributed by atoms with Crippen molar-refractivity contribution in [3.63, 3.8) is 0 Å². The van der Waals surface area contributed by atoms with Gasteiger partial charge in [0.15, 0.2) is 0 Å². The number of terminal acetylenes is 1. The van der Waals surface area contributed by atoms with E-state index < -0.39 is 0 Å². The lowest BCUT2D eigenvalue weighted by molar-refractivity contribution is 0.491. The Morgan fingerprint density at radius 3 is 2.64 bits per heavy atom. The zero-order valence-corrected chi connectivity index (χ0v) is 9.23. The molecule has 0 aliphatic heterocycles. The second-order valence-electron chi connectivity index (χ2n) is 3.71. The smallest absolute Gasteiger partial charge is 0.0743 e. The van der Waals surface area contributed by atoms with Crippen molar-refractivity contribution in [1.82, 2.24) is 5.32 Å². The van der Waals surface area contributed by atoms with Gasteiger partial charge in [-0.15, -0.1) is 6.42 Å². The van der Waals surface area contributed by atoms with Crippen molar-refractivity contribution in [1.29, 1.82) is 0 Å². The molecular formula is C12H14ClN. The largest absolute Gasteiger partial charge is 0.297 e. The molecule has 0 saturated heterocycles. The monoisotopic (exact) mass is 207 g/mol. The molecule has 0 radical (unpaired) electrons. The maximum absolute atomic E-state index is 6.00. The Labute approximate surface area is 90.5 Å². The molecule has 0 saturated carbocycles. The van der Waals surface area contributed by atoms with E-state index in [1.807, 2.05) is 38.1 Å². The van der Waals surface area contributed by atoms with E-state index in [1.165, 1.54) is 0 Å². The van der Waals surface area contributed by atoms with Crippen LogP contribution in [0.3, 0.4) is 0 Å². The summed E-state index contributed by atoms with van der Waals surface area (Å²) in [4.78, 5) is 0. The van der Waals surface area contributed by atoms with Crippen molar-refractivity contribution < 1.29 is 0 Å². The lowest BCUT2D eigenvalue weighted by Crippen LogP contribution is -2.36. The van der Waals surface area contributed by atoms with Crippen LogP contribution in [0.25, 0.3) is 0 Å². The molecule has 0 heterocycles. The maximum Gasteiger partial charge on any atom is 0.0743 e. The van der Waals surface area contributed by atoms with Gasteiger partial charge in [0, 0.05) is 11.6 Å². The fourth-order valence-electron chi connectivity index (χ4n) is 1.01. The highest BCUT2D eigenvalue weighted by Crippen LogP contribution is 2.15. The van der Waals surface area contributed by atoms with E-state index in [1.54, 1.807) is 0 Å². The van der Waals surface area contributed by atoms with Crippen molar-refractivity contribution in [2.45, 2.75) is 25.9 Å². The first kappa shape index (κ1) is 11.1. The number of benzene rings is 1. The predicted molar refractivity (Wildman–Crippen MR) is 61.2 cm³/mol. The summed E-state index contributed by atoms with van der Waals surface area (Å²) in [6, 6.07) is 7.74. The van der Waals surface area contributed by atoms with Crippen LogP contribution in [0, 0.1) is 12.3 Å². The van der Waals surface area contributed by atoms with E-state index in [9.17, 15) is 0 Å². The minimum Gasteiger partial charge on any atom is -0.297 e. The SMILES string of the molecule is C#CC(C)(C)NCc1ccccc1Cl. The molecule has 74 valence electrons. The van der Waals surface area contributed by atoms with Crippen molar-refractivity contribution >= 4 is 11.6 Å². The summed E-state index contributed by atoms with van der Waals surface area (Å²) in [5, 5.41) is 4.02. The van der Waals surface area contributed by atoms with Gasteiger partial charge < -0.3 is 0 Å². The van der Waals surface area contributed by atoms with Gasteiger partial charge in [-0.3, -0.25) is 5.32 Å². The number of hydrogen-bond acceptors (Lipinski definition) is 1.